The van der Waals surface area contributed by atoms with Gasteiger partial charge >= 0.3 is 0 Å². The molecular formula is C9H20N2O2. The minimum absolute atomic E-state index is 0.0343. The second-order valence-electron chi connectivity index (χ2n) is 3.15. The Morgan fingerprint density at radius 2 is 2.15 bits per heavy atom. The summed E-state index contributed by atoms with van der Waals surface area (Å²) < 4.78 is 5.32. The van der Waals surface area contributed by atoms with Crippen molar-refractivity contribution in [2.24, 2.45) is 0 Å². The monoisotopic (exact) mass is 188 g/mol. The smallest absolute Gasteiger partial charge is 0.233 e. The summed E-state index contributed by atoms with van der Waals surface area (Å²) in [7, 11) is 1.75. The van der Waals surface area contributed by atoms with Crippen molar-refractivity contribution in [3.63, 3.8) is 0 Å². The van der Waals surface area contributed by atoms with Crippen molar-refractivity contribution >= 4 is 5.91 Å². The second-order valence-corrected chi connectivity index (χ2v) is 3.15. The van der Waals surface area contributed by atoms with E-state index in [1.165, 1.54) is 0 Å². The lowest BCUT2D eigenvalue weighted by atomic mass is 10.4. The maximum atomic E-state index is 10.9. The Morgan fingerprint density at radius 1 is 1.46 bits per heavy atom. The van der Waals surface area contributed by atoms with Crippen molar-refractivity contribution in [1.29, 1.82) is 0 Å². The van der Waals surface area contributed by atoms with E-state index < -0.39 is 0 Å². The molecule has 78 valence electrons. The first-order valence-electron chi connectivity index (χ1n) is 4.69. The lowest BCUT2D eigenvalue weighted by Gasteiger charge is -2.07. The Bertz CT molecular complexity index is 138. The van der Waals surface area contributed by atoms with Crippen LogP contribution in [0.1, 0.15) is 20.3 Å². The minimum Gasteiger partial charge on any atom is -0.379 e. The quantitative estimate of drug-likeness (QED) is 0.559. The van der Waals surface area contributed by atoms with E-state index in [0.717, 1.165) is 6.42 Å². The zero-order valence-electron chi connectivity index (χ0n) is 8.72. The van der Waals surface area contributed by atoms with Gasteiger partial charge in [-0.3, -0.25) is 4.79 Å². The minimum atomic E-state index is 0.0343. The highest BCUT2D eigenvalue weighted by molar-refractivity contribution is 5.77. The van der Waals surface area contributed by atoms with Crippen LogP contribution in [-0.2, 0) is 9.53 Å². The fourth-order valence-corrected chi connectivity index (χ4v) is 0.842. The van der Waals surface area contributed by atoms with Gasteiger partial charge in [-0.2, -0.15) is 0 Å². The zero-order chi connectivity index (χ0) is 10.1. The molecular weight excluding hydrogens is 168 g/mol. The fourth-order valence-electron chi connectivity index (χ4n) is 0.842. The standard InChI is InChI=1S/C9H20N2O2/c1-8(2)13-6-4-5-11-9(12)7-10-3/h8,10H,4-7H2,1-3H3,(H,11,12). The van der Waals surface area contributed by atoms with Gasteiger partial charge < -0.3 is 15.4 Å². The molecule has 0 aromatic heterocycles. The molecule has 0 saturated carbocycles. The van der Waals surface area contributed by atoms with Gasteiger partial charge in [0.15, 0.2) is 0 Å². The molecule has 0 heterocycles. The van der Waals surface area contributed by atoms with Gasteiger partial charge in [0.1, 0.15) is 0 Å². The summed E-state index contributed by atoms with van der Waals surface area (Å²) in [6, 6.07) is 0. The van der Waals surface area contributed by atoms with Gasteiger partial charge in [0.05, 0.1) is 12.6 Å². The summed E-state index contributed by atoms with van der Waals surface area (Å²) in [5.74, 6) is 0.0343. The van der Waals surface area contributed by atoms with Crippen molar-refractivity contribution in [1.82, 2.24) is 10.6 Å². The summed E-state index contributed by atoms with van der Waals surface area (Å²) in [4.78, 5) is 10.9. The zero-order valence-corrected chi connectivity index (χ0v) is 8.72. The van der Waals surface area contributed by atoms with Crippen molar-refractivity contribution in [2.45, 2.75) is 26.4 Å². The first kappa shape index (κ1) is 12.4. The van der Waals surface area contributed by atoms with Crippen LogP contribution in [0.2, 0.25) is 0 Å². The molecule has 0 saturated heterocycles. The van der Waals surface area contributed by atoms with Gasteiger partial charge in [-0.25, -0.2) is 0 Å². The Hall–Kier alpha value is -0.610. The molecule has 0 rings (SSSR count). The third-order valence-corrected chi connectivity index (χ3v) is 1.43. The van der Waals surface area contributed by atoms with Crippen LogP contribution in [0, 0.1) is 0 Å². The molecule has 0 atom stereocenters. The number of nitrogens with one attached hydrogen (secondary N) is 2. The Morgan fingerprint density at radius 3 is 2.69 bits per heavy atom. The van der Waals surface area contributed by atoms with Crippen LogP contribution in [0.4, 0.5) is 0 Å². The topological polar surface area (TPSA) is 50.4 Å². The second kappa shape index (κ2) is 8.01. The van der Waals surface area contributed by atoms with E-state index in [-0.39, 0.29) is 12.0 Å². The molecule has 0 aliphatic heterocycles. The molecule has 0 spiro atoms. The van der Waals surface area contributed by atoms with Gasteiger partial charge in [0.2, 0.25) is 5.91 Å². The van der Waals surface area contributed by atoms with E-state index in [0.29, 0.717) is 19.7 Å². The van der Waals surface area contributed by atoms with Crippen molar-refractivity contribution in [3.8, 4) is 0 Å². The van der Waals surface area contributed by atoms with Crippen LogP contribution in [0.5, 0.6) is 0 Å². The average Bonchev–Trinajstić information content (AvgIpc) is 2.03. The van der Waals surface area contributed by atoms with E-state index in [4.69, 9.17) is 4.74 Å². The molecule has 0 aliphatic rings. The third-order valence-electron chi connectivity index (χ3n) is 1.43. The maximum Gasteiger partial charge on any atom is 0.233 e. The third kappa shape index (κ3) is 9.30. The van der Waals surface area contributed by atoms with Crippen molar-refractivity contribution < 1.29 is 9.53 Å². The van der Waals surface area contributed by atoms with Crippen LogP contribution in [0.3, 0.4) is 0 Å². The molecule has 0 aliphatic carbocycles. The van der Waals surface area contributed by atoms with Crippen molar-refractivity contribution in [2.75, 3.05) is 26.7 Å². The summed E-state index contributed by atoms with van der Waals surface area (Å²) >= 11 is 0. The molecule has 0 aromatic carbocycles. The highest BCUT2D eigenvalue weighted by Gasteiger charge is 1.97. The van der Waals surface area contributed by atoms with E-state index in [2.05, 4.69) is 10.6 Å². The normalized spacial score (nSPS) is 10.5. The number of rotatable bonds is 7. The lowest BCUT2D eigenvalue weighted by Crippen LogP contribution is -2.33. The molecule has 1 amide bonds. The molecule has 0 unspecified atom stereocenters. The van der Waals surface area contributed by atoms with Crippen LogP contribution in [0.25, 0.3) is 0 Å². The van der Waals surface area contributed by atoms with E-state index in [9.17, 15) is 4.79 Å². The number of ether oxygens (including phenoxy) is 1. The molecule has 13 heavy (non-hydrogen) atoms. The number of hydrogen-bond acceptors (Lipinski definition) is 3. The van der Waals surface area contributed by atoms with Crippen LogP contribution in [-0.4, -0.2) is 38.8 Å². The number of amides is 1. The number of carbonyl (C=O) groups is 1. The summed E-state index contributed by atoms with van der Waals surface area (Å²) in [6.45, 7) is 5.77. The summed E-state index contributed by atoms with van der Waals surface area (Å²) in [5, 5.41) is 5.56. The number of hydrogen-bond donors (Lipinski definition) is 2. The predicted octanol–water partition coefficient (Wildman–Crippen LogP) is 0.137. The summed E-state index contributed by atoms with van der Waals surface area (Å²) in [5.41, 5.74) is 0. The highest BCUT2D eigenvalue weighted by atomic mass is 16.5. The average molecular weight is 188 g/mol. The number of carbonyl (C=O) groups excluding carboxylic acids is 1. The Balaban J connectivity index is 3.11. The highest BCUT2D eigenvalue weighted by Crippen LogP contribution is 1.88. The van der Waals surface area contributed by atoms with E-state index in [1.807, 2.05) is 13.8 Å². The van der Waals surface area contributed by atoms with Crippen LogP contribution < -0.4 is 10.6 Å². The first-order valence-corrected chi connectivity index (χ1v) is 4.69. The molecule has 4 heteroatoms. The predicted molar refractivity (Wildman–Crippen MR) is 52.6 cm³/mol. The largest absolute Gasteiger partial charge is 0.379 e. The SMILES string of the molecule is CNCC(=O)NCCCOC(C)C. The van der Waals surface area contributed by atoms with E-state index in [1.54, 1.807) is 7.05 Å². The molecule has 0 fully saturated rings. The Labute approximate surface area is 80.0 Å². The Kier molecular flexibility index (Phi) is 7.63. The molecule has 4 nitrogen and oxygen atoms in total. The van der Waals surface area contributed by atoms with Gasteiger partial charge in [0, 0.05) is 13.2 Å². The first-order chi connectivity index (χ1) is 6.16. The summed E-state index contributed by atoms with van der Waals surface area (Å²) in [6.07, 6.45) is 1.14. The van der Waals surface area contributed by atoms with Gasteiger partial charge in [0.25, 0.3) is 0 Å². The molecule has 2 N–H and O–H groups in total. The molecule has 0 radical (unpaired) electrons. The van der Waals surface area contributed by atoms with Gasteiger partial charge in [-0.05, 0) is 27.3 Å². The molecule has 0 aromatic rings. The van der Waals surface area contributed by atoms with Gasteiger partial charge in [-0.15, -0.1) is 0 Å². The van der Waals surface area contributed by atoms with Crippen LogP contribution in [0.15, 0.2) is 0 Å². The lowest BCUT2D eigenvalue weighted by molar-refractivity contribution is -0.120. The van der Waals surface area contributed by atoms with Crippen LogP contribution >= 0.6 is 0 Å². The molecule has 0 bridgehead atoms. The van der Waals surface area contributed by atoms with E-state index >= 15 is 0 Å². The van der Waals surface area contributed by atoms with Gasteiger partial charge in [-0.1, -0.05) is 0 Å². The number of likely N-dealkylation sites (N-methyl/N-ethyl adjacent to an activating group) is 1. The maximum absolute atomic E-state index is 10.9. The fraction of sp³-hybridized carbons (Fsp3) is 0.889. The van der Waals surface area contributed by atoms with Crippen molar-refractivity contribution in [3.05, 3.63) is 0 Å².